The molecule has 0 aliphatic rings. The van der Waals surface area contributed by atoms with E-state index >= 15 is 0 Å². The van der Waals surface area contributed by atoms with Crippen molar-refractivity contribution in [2.45, 2.75) is 34.1 Å². The van der Waals surface area contributed by atoms with Gasteiger partial charge in [-0.15, -0.1) is 0 Å². The number of rotatable bonds is 6. The molecule has 0 spiro atoms. The summed E-state index contributed by atoms with van der Waals surface area (Å²) in [5.41, 5.74) is 4.76. The Hall–Kier alpha value is -2.82. The Bertz CT molecular complexity index is 815. The highest BCUT2D eigenvalue weighted by Gasteiger charge is 2.18. The lowest BCUT2D eigenvalue weighted by molar-refractivity contribution is -0.117. The summed E-state index contributed by atoms with van der Waals surface area (Å²) in [6.45, 7) is 7.76. The van der Waals surface area contributed by atoms with Crippen LogP contribution in [0.3, 0.4) is 0 Å². The number of nitrogens with zero attached hydrogens (tertiary/aromatic N) is 1. The van der Waals surface area contributed by atoms with Crippen molar-refractivity contribution in [3.8, 4) is 5.75 Å². The van der Waals surface area contributed by atoms with Crippen LogP contribution in [0, 0.1) is 20.8 Å². The fraction of sp³-hybridized carbons (Fsp3) is 0.333. The fourth-order valence-corrected chi connectivity index (χ4v) is 2.71. The first kappa shape index (κ1) is 19.5. The molecular weight excluding hydrogens is 328 g/mol. The number of methoxy groups -OCH3 is 1. The van der Waals surface area contributed by atoms with E-state index in [0.29, 0.717) is 11.4 Å². The maximum Gasteiger partial charge on any atom is 0.226 e. The molecule has 0 fully saturated rings. The molecule has 2 amide bonds. The van der Waals surface area contributed by atoms with Gasteiger partial charge < -0.3 is 15.0 Å². The predicted molar refractivity (Wildman–Crippen MR) is 105 cm³/mol. The Morgan fingerprint density at radius 2 is 1.77 bits per heavy atom. The molecule has 0 aliphatic carbocycles. The van der Waals surface area contributed by atoms with E-state index < -0.39 is 0 Å². The largest absolute Gasteiger partial charge is 0.495 e. The Labute approximate surface area is 155 Å². The van der Waals surface area contributed by atoms with Gasteiger partial charge in [0.2, 0.25) is 11.8 Å². The van der Waals surface area contributed by atoms with E-state index in [-0.39, 0.29) is 24.8 Å². The van der Waals surface area contributed by atoms with Crippen LogP contribution >= 0.6 is 0 Å². The molecule has 5 nitrogen and oxygen atoms in total. The summed E-state index contributed by atoms with van der Waals surface area (Å²) in [7, 11) is 1.57. The van der Waals surface area contributed by atoms with Crippen LogP contribution in [-0.2, 0) is 9.59 Å². The van der Waals surface area contributed by atoms with Gasteiger partial charge in [0.05, 0.1) is 12.8 Å². The molecule has 26 heavy (non-hydrogen) atoms. The summed E-state index contributed by atoms with van der Waals surface area (Å²) in [5, 5.41) is 2.89. The zero-order valence-corrected chi connectivity index (χ0v) is 16.1. The summed E-state index contributed by atoms with van der Waals surface area (Å²) < 4.78 is 5.36. The predicted octanol–water partition coefficient (Wildman–Crippen LogP) is 4.00. The summed E-state index contributed by atoms with van der Waals surface area (Å²) >= 11 is 0. The minimum atomic E-state index is -0.133. The van der Waals surface area contributed by atoms with E-state index in [2.05, 4.69) is 5.32 Å². The monoisotopic (exact) mass is 354 g/mol. The Balaban J connectivity index is 2.09. The van der Waals surface area contributed by atoms with Crippen LogP contribution in [0.2, 0.25) is 0 Å². The summed E-state index contributed by atoms with van der Waals surface area (Å²) in [4.78, 5) is 26.0. The molecule has 0 aliphatic heterocycles. The van der Waals surface area contributed by atoms with Crippen molar-refractivity contribution in [2.75, 3.05) is 23.9 Å². The molecule has 138 valence electrons. The molecule has 5 heteroatoms. The number of hydrogen-bond acceptors (Lipinski definition) is 3. The minimum Gasteiger partial charge on any atom is -0.495 e. The number of amides is 2. The van der Waals surface area contributed by atoms with Crippen molar-refractivity contribution >= 4 is 23.2 Å². The van der Waals surface area contributed by atoms with Gasteiger partial charge in [-0.3, -0.25) is 9.59 Å². The average molecular weight is 354 g/mol. The highest BCUT2D eigenvalue weighted by Crippen LogP contribution is 2.29. The summed E-state index contributed by atoms with van der Waals surface area (Å²) in [6.07, 6.45) is 0.198. The molecular formula is C21H26N2O3. The number of carbonyl (C=O) groups excluding carboxylic acids is 2. The van der Waals surface area contributed by atoms with Gasteiger partial charge in [-0.25, -0.2) is 0 Å². The molecule has 0 heterocycles. The van der Waals surface area contributed by atoms with E-state index in [0.717, 1.165) is 16.8 Å². The van der Waals surface area contributed by atoms with Crippen molar-refractivity contribution in [3.05, 3.63) is 53.1 Å². The van der Waals surface area contributed by atoms with E-state index in [1.807, 2.05) is 57.2 Å². The van der Waals surface area contributed by atoms with Gasteiger partial charge in [0.1, 0.15) is 5.75 Å². The maximum absolute atomic E-state index is 12.3. The summed E-state index contributed by atoms with van der Waals surface area (Å²) in [6, 6.07) is 11.4. The van der Waals surface area contributed by atoms with Gasteiger partial charge in [-0.1, -0.05) is 12.1 Å². The third kappa shape index (κ3) is 4.85. The average Bonchev–Trinajstić information content (AvgIpc) is 2.58. The highest BCUT2D eigenvalue weighted by atomic mass is 16.5. The second-order valence-corrected chi connectivity index (χ2v) is 6.44. The van der Waals surface area contributed by atoms with E-state index in [4.69, 9.17) is 4.74 Å². The number of benzene rings is 2. The number of carbonyl (C=O) groups is 2. The molecule has 0 radical (unpaired) electrons. The van der Waals surface area contributed by atoms with Gasteiger partial charge in [-0.2, -0.15) is 0 Å². The van der Waals surface area contributed by atoms with Crippen LogP contribution < -0.4 is 15.0 Å². The van der Waals surface area contributed by atoms with Gasteiger partial charge >= 0.3 is 0 Å². The zero-order valence-electron chi connectivity index (χ0n) is 16.1. The van der Waals surface area contributed by atoms with Crippen LogP contribution in [-0.4, -0.2) is 25.5 Å². The molecule has 2 aromatic rings. The van der Waals surface area contributed by atoms with Crippen molar-refractivity contribution in [3.63, 3.8) is 0 Å². The third-order valence-corrected chi connectivity index (χ3v) is 4.36. The van der Waals surface area contributed by atoms with Crippen molar-refractivity contribution in [2.24, 2.45) is 0 Å². The number of nitrogens with one attached hydrogen (secondary N) is 1. The maximum atomic E-state index is 12.3. The van der Waals surface area contributed by atoms with Gasteiger partial charge in [0, 0.05) is 25.6 Å². The molecule has 2 aromatic carbocycles. The first-order valence-corrected chi connectivity index (χ1v) is 8.61. The SMILES string of the molecule is COc1ccc(C)cc1N(CCC(=O)Nc1ccc(C)c(C)c1)C(C)=O. The normalized spacial score (nSPS) is 10.3. The van der Waals surface area contributed by atoms with Gasteiger partial charge in [-0.05, 0) is 61.7 Å². The lowest BCUT2D eigenvalue weighted by Crippen LogP contribution is -2.32. The molecule has 0 saturated heterocycles. The van der Waals surface area contributed by atoms with Gasteiger partial charge in [0.25, 0.3) is 0 Å². The molecule has 0 saturated carbocycles. The quantitative estimate of drug-likeness (QED) is 0.853. The zero-order chi connectivity index (χ0) is 19.3. The Morgan fingerprint density at radius 3 is 2.38 bits per heavy atom. The van der Waals surface area contributed by atoms with Crippen LogP contribution in [0.1, 0.15) is 30.0 Å². The third-order valence-electron chi connectivity index (χ3n) is 4.36. The number of ether oxygens (including phenoxy) is 1. The van der Waals surface area contributed by atoms with Crippen molar-refractivity contribution in [1.29, 1.82) is 0 Å². The number of aryl methyl sites for hydroxylation is 3. The molecule has 0 aromatic heterocycles. The van der Waals surface area contributed by atoms with E-state index in [9.17, 15) is 9.59 Å². The fourth-order valence-electron chi connectivity index (χ4n) is 2.71. The molecule has 0 bridgehead atoms. The van der Waals surface area contributed by atoms with Crippen LogP contribution in [0.15, 0.2) is 36.4 Å². The minimum absolute atomic E-state index is 0.132. The first-order valence-electron chi connectivity index (χ1n) is 8.61. The molecule has 2 rings (SSSR count). The molecule has 1 N–H and O–H groups in total. The van der Waals surface area contributed by atoms with Gasteiger partial charge in [0.15, 0.2) is 0 Å². The first-order chi connectivity index (χ1) is 12.3. The topological polar surface area (TPSA) is 58.6 Å². The molecule has 0 atom stereocenters. The Morgan fingerprint density at radius 1 is 1.04 bits per heavy atom. The van der Waals surface area contributed by atoms with Crippen LogP contribution in [0.5, 0.6) is 5.75 Å². The smallest absolute Gasteiger partial charge is 0.226 e. The Kier molecular flexibility index (Phi) is 6.39. The van der Waals surface area contributed by atoms with Crippen molar-refractivity contribution in [1.82, 2.24) is 0 Å². The highest BCUT2D eigenvalue weighted by molar-refractivity contribution is 5.96. The number of hydrogen-bond donors (Lipinski definition) is 1. The van der Waals surface area contributed by atoms with E-state index in [1.54, 1.807) is 12.0 Å². The van der Waals surface area contributed by atoms with Crippen LogP contribution in [0.4, 0.5) is 11.4 Å². The number of anilines is 2. The second-order valence-electron chi connectivity index (χ2n) is 6.44. The standard InChI is InChI=1S/C21H26N2O3/c1-14-6-9-20(26-5)19(12-14)23(17(4)24)11-10-21(25)22-18-8-7-15(2)16(3)13-18/h6-9,12-13H,10-11H2,1-5H3,(H,22,25). The van der Waals surface area contributed by atoms with E-state index in [1.165, 1.54) is 12.5 Å². The molecule has 0 unspecified atom stereocenters. The summed E-state index contributed by atoms with van der Waals surface area (Å²) in [5.74, 6) is 0.347. The van der Waals surface area contributed by atoms with Crippen molar-refractivity contribution < 1.29 is 14.3 Å². The van der Waals surface area contributed by atoms with Crippen LogP contribution in [0.25, 0.3) is 0 Å². The second kappa shape index (κ2) is 8.52. The lowest BCUT2D eigenvalue weighted by atomic mass is 10.1. The lowest BCUT2D eigenvalue weighted by Gasteiger charge is -2.23.